The summed E-state index contributed by atoms with van der Waals surface area (Å²) >= 11 is 1.81. The van der Waals surface area contributed by atoms with E-state index in [1.54, 1.807) is 12.1 Å². The molecule has 1 rings (SSSR count). The van der Waals surface area contributed by atoms with Gasteiger partial charge in [-0.25, -0.2) is 4.39 Å². The van der Waals surface area contributed by atoms with Gasteiger partial charge in [-0.2, -0.15) is 11.8 Å². The number of rotatable bonds is 6. The van der Waals surface area contributed by atoms with Crippen LogP contribution < -0.4 is 5.73 Å². The molecule has 3 unspecified atom stereocenters. The second-order valence-electron chi connectivity index (χ2n) is 4.83. The molecule has 1 aromatic carbocycles. The van der Waals surface area contributed by atoms with Crippen LogP contribution in [0.1, 0.15) is 25.5 Å². The molecular weight excluding hydrogens is 247 g/mol. The van der Waals surface area contributed by atoms with E-state index in [0.29, 0.717) is 6.04 Å². The summed E-state index contributed by atoms with van der Waals surface area (Å²) in [6, 6.07) is 7.14. The highest BCUT2D eigenvalue weighted by atomic mass is 32.2. The molecule has 0 aliphatic carbocycles. The third-order valence-corrected chi connectivity index (χ3v) is 4.05. The van der Waals surface area contributed by atoms with E-state index >= 15 is 0 Å². The third kappa shape index (κ3) is 3.97. The van der Waals surface area contributed by atoms with Crippen molar-refractivity contribution < 1.29 is 4.39 Å². The summed E-state index contributed by atoms with van der Waals surface area (Å²) in [5.41, 5.74) is 7.03. The van der Waals surface area contributed by atoms with Crippen LogP contribution in [0.4, 0.5) is 4.39 Å². The van der Waals surface area contributed by atoms with E-state index in [1.165, 1.54) is 6.07 Å². The first-order chi connectivity index (χ1) is 8.47. The predicted octanol–water partition coefficient (Wildman–Crippen LogP) is 2.90. The summed E-state index contributed by atoms with van der Waals surface area (Å²) in [5.74, 6) is 0.832. The first kappa shape index (κ1) is 15.5. The van der Waals surface area contributed by atoms with Crippen molar-refractivity contribution in [2.75, 3.05) is 19.1 Å². The van der Waals surface area contributed by atoms with Gasteiger partial charge >= 0.3 is 0 Å². The highest BCUT2D eigenvalue weighted by molar-refractivity contribution is 7.98. The number of halogens is 1. The standard InChI is InChI=1S/C14H23FN2S/c1-10(9-18-4)17(3)14(11(2)16)12-6-5-7-13(15)8-12/h5-8,10-11,14H,9,16H2,1-4H3. The Bertz CT molecular complexity index is 371. The Morgan fingerprint density at radius 2 is 2.06 bits per heavy atom. The van der Waals surface area contributed by atoms with E-state index in [-0.39, 0.29) is 17.9 Å². The van der Waals surface area contributed by atoms with Crippen LogP contribution in [0.3, 0.4) is 0 Å². The fourth-order valence-electron chi connectivity index (χ4n) is 2.23. The van der Waals surface area contributed by atoms with Crippen LogP contribution >= 0.6 is 11.8 Å². The summed E-state index contributed by atoms with van der Waals surface area (Å²) in [6.45, 7) is 4.14. The SMILES string of the molecule is CSCC(C)N(C)C(c1cccc(F)c1)C(C)N. The average Bonchev–Trinajstić information content (AvgIpc) is 2.29. The molecule has 4 heteroatoms. The molecule has 102 valence electrons. The van der Waals surface area contributed by atoms with E-state index in [9.17, 15) is 4.39 Å². The number of likely N-dealkylation sites (N-methyl/N-ethyl adjacent to an activating group) is 1. The van der Waals surface area contributed by atoms with Crippen molar-refractivity contribution in [1.82, 2.24) is 4.90 Å². The predicted molar refractivity (Wildman–Crippen MR) is 78.4 cm³/mol. The van der Waals surface area contributed by atoms with Gasteiger partial charge in [-0.05, 0) is 44.8 Å². The summed E-state index contributed by atoms with van der Waals surface area (Å²) in [5, 5.41) is 0. The third-order valence-electron chi connectivity index (χ3n) is 3.23. The van der Waals surface area contributed by atoms with E-state index in [0.717, 1.165) is 11.3 Å². The summed E-state index contributed by atoms with van der Waals surface area (Å²) < 4.78 is 13.3. The van der Waals surface area contributed by atoms with E-state index in [4.69, 9.17) is 5.73 Å². The molecule has 0 radical (unpaired) electrons. The van der Waals surface area contributed by atoms with Gasteiger partial charge in [0.2, 0.25) is 0 Å². The molecule has 1 aromatic rings. The number of benzene rings is 1. The van der Waals surface area contributed by atoms with Crippen LogP contribution in [0.2, 0.25) is 0 Å². The van der Waals surface area contributed by atoms with Crippen molar-refractivity contribution in [1.29, 1.82) is 0 Å². The van der Waals surface area contributed by atoms with Crippen LogP contribution in [-0.2, 0) is 0 Å². The number of thioether (sulfide) groups is 1. The second-order valence-corrected chi connectivity index (χ2v) is 5.74. The molecule has 18 heavy (non-hydrogen) atoms. The van der Waals surface area contributed by atoms with Crippen LogP contribution in [-0.4, -0.2) is 36.0 Å². The Kier molecular flexibility index (Phi) is 6.12. The average molecular weight is 270 g/mol. The highest BCUT2D eigenvalue weighted by Crippen LogP contribution is 2.25. The minimum atomic E-state index is -0.205. The second kappa shape index (κ2) is 7.12. The van der Waals surface area contributed by atoms with Crippen LogP contribution in [0, 0.1) is 5.82 Å². The number of hydrogen-bond acceptors (Lipinski definition) is 3. The van der Waals surface area contributed by atoms with Crippen LogP contribution in [0.5, 0.6) is 0 Å². The molecule has 2 nitrogen and oxygen atoms in total. The van der Waals surface area contributed by atoms with Gasteiger partial charge in [-0.1, -0.05) is 12.1 Å². The molecular formula is C14H23FN2S. The van der Waals surface area contributed by atoms with Crippen LogP contribution in [0.15, 0.2) is 24.3 Å². The Morgan fingerprint density at radius 3 is 2.56 bits per heavy atom. The van der Waals surface area contributed by atoms with Gasteiger partial charge in [-0.15, -0.1) is 0 Å². The lowest BCUT2D eigenvalue weighted by Gasteiger charge is -2.35. The van der Waals surface area contributed by atoms with Gasteiger partial charge < -0.3 is 5.73 Å². The van der Waals surface area contributed by atoms with Crippen molar-refractivity contribution in [3.8, 4) is 0 Å². The van der Waals surface area contributed by atoms with Crippen LogP contribution in [0.25, 0.3) is 0 Å². The number of nitrogens with zero attached hydrogens (tertiary/aromatic N) is 1. The Morgan fingerprint density at radius 1 is 1.39 bits per heavy atom. The highest BCUT2D eigenvalue weighted by Gasteiger charge is 2.24. The maximum Gasteiger partial charge on any atom is 0.123 e. The number of hydrogen-bond donors (Lipinski definition) is 1. The molecule has 0 spiro atoms. The Balaban J connectivity index is 2.95. The minimum absolute atomic E-state index is 0.0406. The molecule has 0 heterocycles. The number of nitrogens with two attached hydrogens (primary N) is 1. The van der Waals surface area contributed by atoms with E-state index in [2.05, 4.69) is 25.1 Å². The normalized spacial score (nSPS) is 16.6. The molecule has 0 saturated heterocycles. The molecule has 0 aliphatic heterocycles. The first-order valence-electron chi connectivity index (χ1n) is 6.19. The first-order valence-corrected chi connectivity index (χ1v) is 7.58. The summed E-state index contributed by atoms with van der Waals surface area (Å²) in [4.78, 5) is 2.23. The zero-order valence-electron chi connectivity index (χ0n) is 11.6. The van der Waals surface area contributed by atoms with Crippen molar-refractivity contribution in [3.63, 3.8) is 0 Å². The Labute approximate surface area is 114 Å². The van der Waals surface area contributed by atoms with E-state index < -0.39 is 0 Å². The lowest BCUT2D eigenvalue weighted by atomic mass is 9.98. The summed E-state index contributed by atoms with van der Waals surface area (Å²) in [7, 11) is 2.06. The van der Waals surface area contributed by atoms with Crippen molar-refractivity contribution >= 4 is 11.8 Å². The molecule has 3 atom stereocenters. The van der Waals surface area contributed by atoms with Crippen molar-refractivity contribution in [3.05, 3.63) is 35.6 Å². The van der Waals surface area contributed by atoms with Crippen molar-refractivity contribution in [2.45, 2.75) is 32.0 Å². The lowest BCUT2D eigenvalue weighted by Crippen LogP contribution is -2.42. The maximum atomic E-state index is 13.3. The smallest absolute Gasteiger partial charge is 0.123 e. The zero-order valence-corrected chi connectivity index (χ0v) is 12.4. The topological polar surface area (TPSA) is 29.3 Å². The molecule has 0 aromatic heterocycles. The largest absolute Gasteiger partial charge is 0.326 e. The van der Waals surface area contributed by atoms with Gasteiger partial charge in [0.15, 0.2) is 0 Å². The monoisotopic (exact) mass is 270 g/mol. The van der Waals surface area contributed by atoms with Gasteiger partial charge in [0, 0.05) is 23.9 Å². The fraction of sp³-hybridized carbons (Fsp3) is 0.571. The maximum absolute atomic E-state index is 13.3. The molecule has 0 bridgehead atoms. The summed E-state index contributed by atoms with van der Waals surface area (Å²) in [6.07, 6.45) is 2.09. The quantitative estimate of drug-likeness (QED) is 0.862. The Hall–Kier alpha value is -0.580. The van der Waals surface area contributed by atoms with Gasteiger partial charge in [-0.3, -0.25) is 4.90 Å². The van der Waals surface area contributed by atoms with Crippen molar-refractivity contribution in [2.24, 2.45) is 5.73 Å². The van der Waals surface area contributed by atoms with Gasteiger partial charge in [0.1, 0.15) is 5.82 Å². The molecule has 0 aliphatic rings. The van der Waals surface area contributed by atoms with Gasteiger partial charge in [0.05, 0.1) is 0 Å². The minimum Gasteiger partial charge on any atom is -0.326 e. The lowest BCUT2D eigenvalue weighted by molar-refractivity contribution is 0.178. The van der Waals surface area contributed by atoms with E-state index in [1.807, 2.05) is 24.8 Å². The zero-order chi connectivity index (χ0) is 13.7. The molecule has 0 amide bonds. The molecule has 2 N–H and O–H groups in total. The van der Waals surface area contributed by atoms with Gasteiger partial charge in [0.25, 0.3) is 0 Å². The molecule has 0 fully saturated rings. The molecule has 0 saturated carbocycles. The fourth-order valence-corrected chi connectivity index (χ4v) is 2.95.